The number of carbonyl (C=O) groups excluding carboxylic acids is 2. The van der Waals surface area contributed by atoms with Gasteiger partial charge in [-0.25, -0.2) is 14.2 Å². The number of carbonyl (C=O) groups is 2. The number of esters is 1. The maximum atomic E-state index is 13.3. The van der Waals surface area contributed by atoms with Crippen molar-refractivity contribution in [2.45, 2.75) is 0 Å². The molecule has 3 aromatic carbocycles. The predicted molar refractivity (Wildman–Crippen MR) is 118 cm³/mol. The zero-order valence-electron chi connectivity index (χ0n) is 16.1. The van der Waals surface area contributed by atoms with Gasteiger partial charge in [0.05, 0.1) is 16.8 Å². The summed E-state index contributed by atoms with van der Waals surface area (Å²) in [5.74, 6) is -1.52. The number of halogens is 2. The minimum Gasteiger partial charge on any atom is -0.452 e. The maximum absolute atomic E-state index is 13.3. The molecule has 1 aromatic heterocycles. The number of nitrogens with zero attached hydrogens (tertiary/aromatic N) is 1. The number of rotatable bonds is 5. The quantitative estimate of drug-likeness (QED) is 0.422. The predicted octanol–water partition coefficient (Wildman–Crippen LogP) is 5.49. The first-order valence-electron chi connectivity index (χ1n) is 9.38. The summed E-state index contributed by atoms with van der Waals surface area (Å²) in [6.45, 7) is -0.464. The van der Waals surface area contributed by atoms with Crippen LogP contribution in [0.5, 0.6) is 0 Å². The average molecular weight is 435 g/mol. The van der Waals surface area contributed by atoms with Crippen LogP contribution < -0.4 is 5.32 Å². The lowest BCUT2D eigenvalue weighted by molar-refractivity contribution is -0.119. The van der Waals surface area contributed by atoms with Crippen molar-refractivity contribution in [3.8, 4) is 11.3 Å². The molecular formula is C24H16ClFN2O3. The average Bonchev–Trinajstić information content (AvgIpc) is 2.77. The topological polar surface area (TPSA) is 68.3 Å². The van der Waals surface area contributed by atoms with Crippen molar-refractivity contribution < 1.29 is 18.7 Å². The molecule has 0 radical (unpaired) electrons. The third-order valence-corrected chi connectivity index (χ3v) is 4.75. The van der Waals surface area contributed by atoms with Gasteiger partial charge in [0.1, 0.15) is 5.82 Å². The van der Waals surface area contributed by atoms with Crippen molar-refractivity contribution in [2.75, 3.05) is 11.9 Å². The third kappa shape index (κ3) is 4.87. The van der Waals surface area contributed by atoms with Crippen molar-refractivity contribution in [3.63, 3.8) is 0 Å². The van der Waals surface area contributed by atoms with E-state index in [9.17, 15) is 14.0 Å². The van der Waals surface area contributed by atoms with Crippen LogP contribution in [-0.2, 0) is 9.53 Å². The second kappa shape index (κ2) is 8.93. The van der Waals surface area contributed by atoms with Gasteiger partial charge in [-0.3, -0.25) is 4.79 Å². The molecule has 0 saturated carbocycles. The maximum Gasteiger partial charge on any atom is 0.339 e. The summed E-state index contributed by atoms with van der Waals surface area (Å²) in [4.78, 5) is 29.5. The molecule has 154 valence electrons. The second-order valence-electron chi connectivity index (χ2n) is 6.71. The molecule has 0 aliphatic carbocycles. The highest BCUT2D eigenvalue weighted by atomic mass is 35.5. The summed E-state index contributed by atoms with van der Waals surface area (Å²) in [6, 6.07) is 21.1. The Balaban J connectivity index is 1.56. The van der Waals surface area contributed by atoms with Crippen LogP contribution in [0.25, 0.3) is 22.2 Å². The van der Waals surface area contributed by atoms with Crippen LogP contribution in [0.1, 0.15) is 10.4 Å². The molecule has 0 spiro atoms. The van der Waals surface area contributed by atoms with E-state index in [1.54, 1.807) is 66.7 Å². The van der Waals surface area contributed by atoms with Gasteiger partial charge in [0.15, 0.2) is 6.61 Å². The lowest BCUT2D eigenvalue weighted by atomic mass is 10.0. The van der Waals surface area contributed by atoms with Crippen LogP contribution in [-0.4, -0.2) is 23.5 Å². The molecule has 0 aliphatic rings. The number of amides is 1. The zero-order chi connectivity index (χ0) is 21.8. The number of pyridine rings is 1. The summed E-state index contributed by atoms with van der Waals surface area (Å²) < 4.78 is 18.5. The Kier molecular flexibility index (Phi) is 5.91. The standard InChI is InChI=1S/C24H16ClFN2O3/c25-16-4-3-5-18(12-16)27-23(29)14-31-24(30)20-13-22(15-8-10-17(26)11-9-15)28-21-7-2-1-6-19(20)21/h1-13H,14H2,(H,27,29). The number of anilines is 1. The monoisotopic (exact) mass is 434 g/mol. The van der Waals surface area contributed by atoms with E-state index in [1.165, 1.54) is 12.1 Å². The number of para-hydroxylation sites is 1. The van der Waals surface area contributed by atoms with Crippen LogP contribution >= 0.6 is 11.6 Å². The molecule has 0 saturated heterocycles. The van der Waals surface area contributed by atoms with Gasteiger partial charge in [-0.2, -0.15) is 0 Å². The fourth-order valence-electron chi connectivity index (χ4n) is 3.08. The van der Waals surface area contributed by atoms with Crippen LogP contribution in [0.3, 0.4) is 0 Å². The number of ether oxygens (including phenoxy) is 1. The van der Waals surface area contributed by atoms with E-state index in [4.69, 9.17) is 16.3 Å². The van der Waals surface area contributed by atoms with Crippen molar-refractivity contribution in [2.24, 2.45) is 0 Å². The largest absolute Gasteiger partial charge is 0.452 e. The minimum atomic E-state index is -0.664. The van der Waals surface area contributed by atoms with E-state index in [2.05, 4.69) is 10.3 Å². The smallest absolute Gasteiger partial charge is 0.339 e. The van der Waals surface area contributed by atoms with E-state index in [0.29, 0.717) is 32.9 Å². The molecule has 1 N–H and O–H groups in total. The molecule has 0 bridgehead atoms. The van der Waals surface area contributed by atoms with Gasteiger partial charge in [-0.1, -0.05) is 35.9 Å². The Labute approximate surface area is 182 Å². The van der Waals surface area contributed by atoms with Gasteiger partial charge < -0.3 is 10.1 Å². The Hall–Kier alpha value is -3.77. The molecule has 0 atom stereocenters. The first-order valence-corrected chi connectivity index (χ1v) is 9.76. The molecule has 0 aliphatic heterocycles. The number of fused-ring (bicyclic) bond motifs is 1. The number of hydrogen-bond acceptors (Lipinski definition) is 4. The highest BCUT2D eigenvalue weighted by Gasteiger charge is 2.17. The molecule has 7 heteroatoms. The van der Waals surface area contributed by atoms with Crippen LogP contribution in [0, 0.1) is 5.82 Å². The molecule has 0 unspecified atom stereocenters. The fraction of sp³-hybridized carbons (Fsp3) is 0.0417. The molecule has 31 heavy (non-hydrogen) atoms. The molecular weight excluding hydrogens is 419 g/mol. The highest BCUT2D eigenvalue weighted by Crippen LogP contribution is 2.25. The summed E-state index contributed by atoms with van der Waals surface area (Å²) in [6.07, 6.45) is 0. The van der Waals surface area contributed by atoms with E-state index < -0.39 is 18.5 Å². The van der Waals surface area contributed by atoms with Gasteiger partial charge in [0, 0.05) is 21.7 Å². The third-order valence-electron chi connectivity index (χ3n) is 4.52. The van der Waals surface area contributed by atoms with Crippen molar-refractivity contribution in [3.05, 3.63) is 95.3 Å². The zero-order valence-corrected chi connectivity index (χ0v) is 16.9. The summed E-state index contributed by atoms with van der Waals surface area (Å²) >= 11 is 5.90. The highest BCUT2D eigenvalue weighted by molar-refractivity contribution is 6.30. The van der Waals surface area contributed by atoms with Gasteiger partial charge in [0.25, 0.3) is 5.91 Å². The molecule has 4 aromatic rings. The fourth-order valence-corrected chi connectivity index (χ4v) is 3.28. The first-order chi connectivity index (χ1) is 15.0. The van der Waals surface area contributed by atoms with Gasteiger partial charge in [-0.05, 0) is 54.6 Å². The number of benzene rings is 3. The Morgan fingerprint density at radius 2 is 1.74 bits per heavy atom. The minimum absolute atomic E-state index is 0.264. The van der Waals surface area contributed by atoms with Gasteiger partial charge in [-0.15, -0.1) is 0 Å². The lowest BCUT2D eigenvalue weighted by Crippen LogP contribution is -2.21. The summed E-state index contributed by atoms with van der Waals surface area (Å²) in [5, 5.41) is 3.69. The van der Waals surface area contributed by atoms with Crippen molar-refractivity contribution >= 4 is 40.1 Å². The number of hydrogen-bond donors (Lipinski definition) is 1. The van der Waals surface area contributed by atoms with E-state index in [0.717, 1.165) is 0 Å². The van der Waals surface area contributed by atoms with Gasteiger partial charge >= 0.3 is 5.97 Å². The Morgan fingerprint density at radius 1 is 0.968 bits per heavy atom. The van der Waals surface area contributed by atoms with E-state index in [-0.39, 0.29) is 11.4 Å². The molecule has 1 heterocycles. The summed E-state index contributed by atoms with van der Waals surface area (Å²) in [5.41, 5.74) is 2.50. The first kappa shape index (κ1) is 20.5. The van der Waals surface area contributed by atoms with Gasteiger partial charge in [0.2, 0.25) is 0 Å². The Bertz CT molecular complexity index is 1280. The van der Waals surface area contributed by atoms with E-state index in [1.807, 2.05) is 0 Å². The lowest BCUT2D eigenvalue weighted by Gasteiger charge is -2.10. The van der Waals surface area contributed by atoms with Crippen molar-refractivity contribution in [1.82, 2.24) is 4.98 Å². The molecule has 1 amide bonds. The van der Waals surface area contributed by atoms with Crippen molar-refractivity contribution in [1.29, 1.82) is 0 Å². The molecule has 4 rings (SSSR count). The van der Waals surface area contributed by atoms with Crippen LogP contribution in [0.2, 0.25) is 5.02 Å². The SMILES string of the molecule is O=C(COC(=O)c1cc(-c2ccc(F)cc2)nc2ccccc12)Nc1cccc(Cl)c1. The van der Waals surface area contributed by atoms with Crippen LogP contribution in [0.15, 0.2) is 78.9 Å². The molecule has 0 fully saturated rings. The normalized spacial score (nSPS) is 10.6. The summed E-state index contributed by atoms with van der Waals surface area (Å²) in [7, 11) is 0. The molecule has 5 nitrogen and oxygen atoms in total. The number of nitrogens with one attached hydrogen (secondary N) is 1. The van der Waals surface area contributed by atoms with E-state index >= 15 is 0 Å². The second-order valence-corrected chi connectivity index (χ2v) is 7.15. The Morgan fingerprint density at radius 3 is 2.52 bits per heavy atom. The number of aromatic nitrogens is 1. The van der Waals surface area contributed by atoms with Crippen LogP contribution in [0.4, 0.5) is 10.1 Å².